The topological polar surface area (TPSA) is 95.2 Å². The Morgan fingerprint density at radius 2 is 1.08 bits per heavy atom. The molecule has 2 unspecified atom stereocenters. The van der Waals surface area contributed by atoms with Gasteiger partial charge in [0.05, 0.1) is 0 Å². The van der Waals surface area contributed by atoms with Crippen LogP contribution in [0.2, 0.25) is 0 Å². The molecule has 228 valence electrons. The maximum absolute atomic E-state index is 14.1. The van der Waals surface area contributed by atoms with Crippen LogP contribution in [0.5, 0.6) is 0 Å². The van der Waals surface area contributed by atoms with Crippen molar-refractivity contribution in [2.75, 3.05) is 0 Å². The van der Waals surface area contributed by atoms with E-state index in [4.69, 9.17) is 0 Å². The van der Waals surface area contributed by atoms with Crippen LogP contribution in [0.25, 0.3) is 39.0 Å². The molecule has 7 rings (SSSR count). The largest absolute Gasteiger partial charge is 0.204 e. The van der Waals surface area contributed by atoms with Crippen molar-refractivity contribution in [3.05, 3.63) is 147 Å². The Morgan fingerprint density at radius 3 is 1.67 bits per heavy atom. The van der Waals surface area contributed by atoms with Gasteiger partial charge in [0.15, 0.2) is 34.9 Å². The summed E-state index contributed by atoms with van der Waals surface area (Å²) in [7, 11) is 0. The van der Waals surface area contributed by atoms with Crippen molar-refractivity contribution in [3.8, 4) is 46.5 Å². The third kappa shape index (κ3) is 4.36. The Hall–Kier alpha value is -6.62. The van der Waals surface area contributed by atoms with E-state index < -0.39 is 46.7 Å². The summed E-state index contributed by atoms with van der Waals surface area (Å²) in [6, 6.07) is 19.3. The van der Waals surface area contributed by atoms with E-state index in [0.29, 0.717) is 44.5 Å². The first kappa shape index (κ1) is 30.1. The zero-order chi connectivity index (χ0) is 34.0. The molecule has 0 aromatic heterocycles. The molecular weight excluding hydrogens is 626 g/mol. The van der Waals surface area contributed by atoms with Gasteiger partial charge in [0.2, 0.25) is 0 Å². The SMILES string of the molecule is N#CC(C#N)=C1c2cc(-c3cc(F)c(F)c(F)c3)ccc2-c2cc3c(cc21)C(=C(C#N)C#N)C1C=C(c2cc(F)c(F)c(F)c2)C=CC31. The van der Waals surface area contributed by atoms with E-state index in [2.05, 4.69) is 0 Å². The first-order valence-corrected chi connectivity index (χ1v) is 14.2. The molecule has 0 spiro atoms. The molecule has 3 aliphatic carbocycles. The smallest absolute Gasteiger partial charge is 0.194 e. The van der Waals surface area contributed by atoms with Crippen LogP contribution in [0.4, 0.5) is 26.3 Å². The lowest BCUT2D eigenvalue weighted by Gasteiger charge is -2.21. The molecule has 3 aliphatic rings. The third-order valence-corrected chi connectivity index (χ3v) is 8.85. The van der Waals surface area contributed by atoms with Gasteiger partial charge in [-0.3, -0.25) is 0 Å². The number of nitriles is 4. The van der Waals surface area contributed by atoms with Crippen molar-refractivity contribution in [2.24, 2.45) is 5.92 Å². The molecule has 10 heteroatoms. The van der Waals surface area contributed by atoms with E-state index >= 15 is 0 Å². The molecule has 48 heavy (non-hydrogen) atoms. The average molecular weight is 641 g/mol. The summed E-state index contributed by atoms with van der Waals surface area (Å²) in [5, 5.41) is 39.8. The van der Waals surface area contributed by atoms with E-state index in [9.17, 15) is 47.4 Å². The summed E-state index contributed by atoms with van der Waals surface area (Å²) >= 11 is 0. The second-order valence-corrected chi connectivity index (χ2v) is 11.3. The summed E-state index contributed by atoms with van der Waals surface area (Å²) in [6.45, 7) is 0. The number of halogens is 6. The molecule has 4 aromatic rings. The van der Waals surface area contributed by atoms with Crippen LogP contribution in [-0.2, 0) is 0 Å². The van der Waals surface area contributed by atoms with E-state index in [-0.39, 0.29) is 33.4 Å². The molecule has 0 radical (unpaired) electrons. The van der Waals surface area contributed by atoms with Crippen LogP contribution in [0.15, 0.2) is 84.0 Å². The summed E-state index contributed by atoms with van der Waals surface area (Å²) in [5.41, 5.74) is 3.92. The molecule has 0 saturated heterocycles. The lowest BCUT2D eigenvalue weighted by molar-refractivity contribution is 0.446. The van der Waals surface area contributed by atoms with Crippen LogP contribution >= 0.6 is 0 Å². The molecule has 4 nitrogen and oxygen atoms in total. The Morgan fingerprint density at radius 1 is 0.521 bits per heavy atom. The monoisotopic (exact) mass is 640 g/mol. The molecular formula is C38H14F6N4. The van der Waals surface area contributed by atoms with Gasteiger partial charge in [0.25, 0.3) is 0 Å². The maximum Gasteiger partial charge on any atom is 0.194 e. The van der Waals surface area contributed by atoms with E-state index in [0.717, 1.165) is 24.3 Å². The van der Waals surface area contributed by atoms with Gasteiger partial charge in [0.1, 0.15) is 35.4 Å². The fraction of sp³-hybridized carbons (Fsp3) is 0.0526. The van der Waals surface area contributed by atoms with Gasteiger partial charge in [-0.15, -0.1) is 0 Å². The zero-order valence-electron chi connectivity index (χ0n) is 24.1. The molecule has 0 fully saturated rings. The second kappa shape index (κ2) is 11.0. The predicted molar refractivity (Wildman–Crippen MR) is 162 cm³/mol. The molecule has 0 bridgehead atoms. The number of allylic oxidation sites excluding steroid dienone is 7. The highest BCUT2D eigenvalue weighted by atomic mass is 19.2. The fourth-order valence-corrected chi connectivity index (χ4v) is 6.77. The van der Waals surface area contributed by atoms with Gasteiger partial charge < -0.3 is 0 Å². The lowest BCUT2D eigenvalue weighted by Crippen LogP contribution is -2.08. The summed E-state index contributed by atoms with van der Waals surface area (Å²) in [5.74, 6) is -9.84. The number of nitrogens with zero attached hydrogens (tertiary/aromatic N) is 4. The summed E-state index contributed by atoms with van der Waals surface area (Å²) in [6.07, 6.45) is 5.02. The standard InChI is InChI=1S/C38H14F6N4/c39-31-7-19(8-32(40)37(31)43)17-1-3-23-25-11-26-24-4-2-18(20-9-33(41)38(44)34(42)10-20)6-28(24)36(22(15-47)16-48)30(26)12-29(25)35(27(23)5-17)21(13-45)14-46/h1-12,23,27H. The van der Waals surface area contributed by atoms with Crippen molar-refractivity contribution < 1.29 is 26.3 Å². The molecule has 0 N–H and O–H groups in total. The first-order valence-electron chi connectivity index (χ1n) is 14.2. The van der Waals surface area contributed by atoms with E-state index in [1.807, 2.05) is 30.3 Å². The van der Waals surface area contributed by atoms with Gasteiger partial charge >= 0.3 is 0 Å². The van der Waals surface area contributed by atoms with Crippen molar-refractivity contribution in [1.82, 2.24) is 0 Å². The summed E-state index contributed by atoms with van der Waals surface area (Å²) < 4.78 is 83.8. The molecule has 0 aliphatic heterocycles. The van der Waals surface area contributed by atoms with Gasteiger partial charge in [-0.05, 0) is 104 Å². The Balaban J connectivity index is 1.44. The van der Waals surface area contributed by atoms with Gasteiger partial charge in [-0.2, -0.15) is 21.0 Å². The number of rotatable bonds is 2. The molecule has 0 saturated carbocycles. The third-order valence-electron chi connectivity index (χ3n) is 8.85. The maximum atomic E-state index is 14.1. The van der Waals surface area contributed by atoms with Crippen molar-refractivity contribution in [2.45, 2.75) is 5.92 Å². The zero-order valence-corrected chi connectivity index (χ0v) is 24.1. The molecule has 0 heterocycles. The quantitative estimate of drug-likeness (QED) is 0.109. The highest BCUT2D eigenvalue weighted by Gasteiger charge is 2.40. The molecule has 2 atom stereocenters. The van der Waals surface area contributed by atoms with Crippen LogP contribution in [0.1, 0.15) is 33.7 Å². The Bertz CT molecular complexity index is 2400. The minimum Gasteiger partial charge on any atom is -0.204 e. The normalized spacial score (nSPS) is 16.4. The lowest BCUT2D eigenvalue weighted by atomic mass is 9.81. The number of hydrogen-bond donors (Lipinski definition) is 0. The van der Waals surface area contributed by atoms with Gasteiger partial charge in [-0.25, -0.2) is 26.3 Å². The highest BCUT2D eigenvalue weighted by molar-refractivity contribution is 6.06. The number of benzene rings is 4. The van der Waals surface area contributed by atoms with Gasteiger partial charge in [-0.1, -0.05) is 30.4 Å². The number of fused-ring (bicyclic) bond motifs is 6. The minimum atomic E-state index is -1.62. The van der Waals surface area contributed by atoms with Crippen LogP contribution in [-0.4, -0.2) is 0 Å². The van der Waals surface area contributed by atoms with Crippen molar-refractivity contribution in [1.29, 1.82) is 21.0 Å². The number of hydrogen-bond acceptors (Lipinski definition) is 4. The van der Waals surface area contributed by atoms with Crippen LogP contribution in [0.3, 0.4) is 0 Å². The van der Waals surface area contributed by atoms with Crippen molar-refractivity contribution >= 4 is 16.7 Å². The molecule has 4 aromatic carbocycles. The van der Waals surface area contributed by atoms with E-state index in [1.165, 1.54) is 0 Å². The average Bonchev–Trinajstić information content (AvgIpc) is 3.57. The van der Waals surface area contributed by atoms with Crippen LogP contribution in [0, 0.1) is 86.1 Å². The summed E-state index contributed by atoms with van der Waals surface area (Å²) in [4.78, 5) is 0. The Kier molecular flexibility index (Phi) is 6.90. The van der Waals surface area contributed by atoms with Crippen LogP contribution < -0.4 is 0 Å². The minimum absolute atomic E-state index is 0.0269. The fourth-order valence-electron chi connectivity index (χ4n) is 6.77. The van der Waals surface area contributed by atoms with E-state index in [1.54, 1.807) is 42.5 Å². The highest BCUT2D eigenvalue weighted by Crippen LogP contribution is 2.56. The Labute approximate surface area is 268 Å². The molecule has 0 amide bonds. The van der Waals surface area contributed by atoms with Crippen molar-refractivity contribution in [3.63, 3.8) is 0 Å². The first-order chi connectivity index (χ1) is 23.1. The second-order valence-electron chi connectivity index (χ2n) is 11.3. The van der Waals surface area contributed by atoms with Gasteiger partial charge in [0, 0.05) is 17.4 Å². The predicted octanol–water partition coefficient (Wildman–Crippen LogP) is 9.19.